The summed E-state index contributed by atoms with van der Waals surface area (Å²) in [5, 5.41) is 0. The lowest BCUT2D eigenvalue weighted by atomic mass is 10.1. The molecule has 6 heterocycles. The first-order chi connectivity index (χ1) is 36.3. The average molecular weight is 1240 g/mol. The number of halogens is 2. The Morgan fingerprint density at radius 1 is 0.413 bits per heavy atom. The van der Waals surface area contributed by atoms with Crippen molar-refractivity contribution in [3.05, 3.63) is 23.3 Å². The van der Waals surface area contributed by atoms with Gasteiger partial charge in [-0.25, -0.2) is 0 Å². The van der Waals surface area contributed by atoms with Crippen LogP contribution >= 0.6 is 23.2 Å². The molecule has 7 saturated carbocycles. The molecule has 0 unspecified atom stereocenters. The molecule has 26 heteroatoms. The quantitative estimate of drug-likeness (QED) is 0.0830. The van der Waals surface area contributed by atoms with E-state index < -0.39 is 79.0 Å². The van der Waals surface area contributed by atoms with Gasteiger partial charge in [0.25, 0.3) is 0 Å². The molecule has 0 aromatic heterocycles. The van der Waals surface area contributed by atoms with Gasteiger partial charge in [0.1, 0.15) is 11.5 Å². The fraction of sp³-hybridized carbons (Fsp3) is 0.878. The molecule has 0 radical (unpaired) electrons. The van der Waals surface area contributed by atoms with Crippen molar-refractivity contribution in [3.8, 4) is 11.5 Å². The van der Waals surface area contributed by atoms with Gasteiger partial charge in [-0.05, 0) is 128 Å². The molecule has 7 aliphatic carbocycles. The fourth-order valence-electron chi connectivity index (χ4n) is 15.8. The Hall–Kier alpha value is 0.832. The van der Waals surface area contributed by atoms with Gasteiger partial charge in [0.05, 0.1) is 25.5 Å². The third-order valence-electron chi connectivity index (χ3n) is 19.7. The zero-order valence-corrected chi connectivity index (χ0v) is 55.4. The van der Waals surface area contributed by atoms with Crippen LogP contribution in [0.2, 0.25) is 57.9 Å². The Bertz CT molecular complexity index is 2030. The van der Waals surface area contributed by atoms with Crippen LogP contribution in [0.15, 0.2) is 12.1 Å². The van der Waals surface area contributed by atoms with Crippen molar-refractivity contribution < 1.29 is 63.0 Å². The van der Waals surface area contributed by atoms with Crippen LogP contribution in [0, 0.1) is 0 Å². The van der Waals surface area contributed by atoms with Crippen molar-refractivity contribution in [3.63, 3.8) is 0 Å². The number of ether oxygens (including phenoxy) is 2. The van der Waals surface area contributed by atoms with E-state index in [4.69, 9.17) is 86.2 Å². The Morgan fingerprint density at radius 3 is 0.933 bits per heavy atom. The second-order valence-electron chi connectivity index (χ2n) is 25.2. The molecule has 0 spiro atoms. The first-order valence-corrected chi connectivity index (χ1v) is 48.3. The summed E-state index contributed by atoms with van der Waals surface area (Å²) < 4.78 is 122. The maximum Gasteiger partial charge on any atom is 0.646 e. The summed E-state index contributed by atoms with van der Waals surface area (Å²) in [4.78, 5) is 0. The molecular weight excluding hydrogens is 1150 g/mol. The highest BCUT2D eigenvalue weighted by atomic mass is 35.5. The molecule has 75 heavy (non-hydrogen) atoms. The molecule has 1 aromatic carbocycles. The van der Waals surface area contributed by atoms with Crippen LogP contribution in [-0.2, 0) is 65.3 Å². The van der Waals surface area contributed by atoms with Gasteiger partial charge in [0.15, 0.2) is 8.32 Å². The number of alkyl halides is 2. The summed E-state index contributed by atoms with van der Waals surface area (Å²) in [6, 6.07) is 4.61. The fourth-order valence-corrected chi connectivity index (χ4v) is 75.2. The molecule has 14 rings (SSSR count). The third kappa shape index (κ3) is 9.94. The minimum Gasteiger partial charge on any atom is -0.496 e. The van der Waals surface area contributed by atoms with Gasteiger partial charge in [0.2, 0.25) is 0 Å². The highest BCUT2D eigenvalue weighted by Crippen LogP contribution is 2.66. The van der Waals surface area contributed by atoms with Crippen LogP contribution in [0.4, 0.5) is 0 Å². The van der Waals surface area contributed by atoms with Crippen molar-refractivity contribution in [2.24, 2.45) is 0 Å². The Balaban J connectivity index is 1.01. The number of methoxy groups -OCH3 is 1. The lowest BCUT2D eigenvalue weighted by Gasteiger charge is -2.66. The molecule has 6 saturated heterocycles. The van der Waals surface area contributed by atoms with E-state index >= 15 is 0 Å². The van der Waals surface area contributed by atoms with E-state index in [9.17, 15) is 0 Å². The second-order valence-corrected chi connectivity index (χ2v) is 55.5. The first kappa shape index (κ1) is 55.0. The Morgan fingerprint density at radius 2 is 0.667 bits per heavy atom. The predicted molar refractivity (Wildman–Crippen MR) is 300 cm³/mol. The highest BCUT2D eigenvalue weighted by Gasteiger charge is 2.89. The van der Waals surface area contributed by atoms with Gasteiger partial charge < -0.3 is 63.0 Å². The monoisotopic (exact) mass is 1230 g/mol. The molecule has 8 bridgehead atoms. The van der Waals surface area contributed by atoms with E-state index in [0.29, 0.717) is 30.4 Å². The summed E-state index contributed by atoms with van der Waals surface area (Å²) in [5.74, 6) is 2.00. The van der Waals surface area contributed by atoms with E-state index in [0.717, 1.165) is 197 Å². The number of hydrogen-bond acceptors (Lipinski definition) is 15. The number of hydrogen-bond donors (Lipinski definition) is 0. The predicted octanol–water partition coefficient (Wildman–Crippen LogP) is 14.0. The molecule has 6 aliphatic heterocycles. The van der Waals surface area contributed by atoms with Crippen LogP contribution in [0.5, 0.6) is 11.5 Å². The van der Waals surface area contributed by atoms with Crippen LogP contribution < -0.4 is 9.47 Å². The molecule has 1 aromatic rings. The lowest BCUT2D eigenvalue weighted by Crippen LogP contribution is -2.91. The topological polar surface area (TPSA) is 138 Å². The largest absolute Gasteiger partial charge is 0.646 e. The molecule has 0 N–H and O–H groups in total. The highest BCUT2D eigenvalue weighted by molar-refractivity contribution is 7.04. The summed E-state index contributed by atoms with van der Waals surface area (Å²) in [7, 11) is -34.4. The molecular formula is C49H84Cl2O15Si9. The molecule has 13 aliphatic rings. The number of rotatable bonds is 17. The Labute approximate surface area is 466 Å². The molecule has 0 amide bonds. The van der Waals surface area contributed by atoms with E-state index in [2.05, 4.69) is 13.1 Å². The molecule has 0 atom stereocenters. The maximum atomic E-state index is 8.54. The summed E-state index contributed by atoms with van der Waals surface area (Å²) in [6.07, 6.45) is 28.5. The van der Waals surface area contributed by atoms with Crippen LogP contribution in [0.25, 0.3) is 0 Å². The third-order valence-corrected chi connectivity index (χ3v) is 63.0. The minimum absolute atomic E-state index is 0.00717. The van der Waals surface area contributed by atoms with Gasteiger partial charge in [0, 0.05) is 49.9 Å². The van der Waals surface area contributed by atoms with Crippen molar-refractivity contribution >= 4 is 102 Å². The lowest BCUT2D eigenvalue weighted by molar-refractivity contribution is -0.0610. The van der Waals surface area contributed by atoms with Crippen molar-refractivity contribution in [2.75, 3.05) is 13.7 Å². The molecule has 15 nitrogen and oxygen atoms in total. The van der Waals surface area contributed by atoms with Gasteiger partial charge in [-0.15, -0.1) is 23.2 Å². The SMILES string of the molecule is COc1cc(CCl)c(OCCC[Si](C)(C)O[Si]23O[Si]4(C5CCCC5)O[Si]5(C6CCCC6)O[Si](C6CCCC6)(O2)O[Si]2(C6CCCC6)O[Si](C6CCCC6)(O3)O[Si](C3CCCC3)(O4)O[Si](C3CCCC3)(O5)O2)cc1CCl. The van der Waals surface area contributed by atoms with Gasteiger partial charge >= 0.3 is 70.7 Å². The van der Waals surface area contributed by atoms with E-state index in [1.165, 1.54) is 0 Å². The van der Waals surface area contributed by atoms with Crippen LogP contribution in [0.1, 0.15) is 197 Å². The molecule has 13 fully saturated rings. The summed E-state index contributed by atoms with van der Waals surface area (Å²) in [6.45, 7) is 4.99. The van der Waals surface area contributed by atoms with Gasteiger partial charge in [-0.2, -0.15) is 0 Å². The Kier molecular flexibility index (Phi) is 15.8. The minimum atomic E-state index is -4.61. The van der Waals surface area contributed by atoms with Crippen LogP contribution in [-0.4, -0.2) is 92.7 Å². The van der Waals surface area contributed by atoms with Gasteiger partial charge in [-0.1, -0.05) is 89.9 Å². The average Bonchev–Trinajstić information content (AvgIpc) is 4.26. The maximum absolute atomic E-state index is 8.54. The molecule has 420 valence electrons. The standard InChI is InChI=1S/C49H84Cl2O15Si9/c1-52-48-35-40(38-51)49(36-39(48)37-50)53-33-18-34-67(2,3)54-75-64-72(45-27-12-13-28-45)58-69(42-21-6-7-22-42)55-68(41-19-4-5-20-41)56-70(60-72,43-23-8-9-24-43)62-74(66-75,47-31-16-17-32-47)63-71(57-68,44-25-10-11-26-44)61-73(59-69,65-75)46-29-14-15-30-46/h35-36,41-47H,4-34,37-38H2,1-3H3. The zero-order chi connectivity index (χ0) is 51.2. The number of benzene rings is 1. The smallest absolute Gasteiger partial charge is 0.496 e. The second kappa shape index (κ2) is 21.5. The van der Waals surface area contributed by atoms with E-state index in [-0.39, 0.29) is 44.7 Å². The summed E-state index contributed by atoms with van der Waals surface area (Å²) in [5.41, 5.74) is 1.51. The van der Waals surface area contributed by atoms with Crippen molar-refractivity contribution in [1.82, 2.24) is 0 Å². The van der Waals surface area contributed by atoms with Crippen molar-refractivity contribution in [1.29, 1.82) is 0 Å². The van der Waals surface area contributed by atoms with E-state index in [1.807, 2.05) is 12.1 Å². The van der Waals surface area contributed by atoms with Crippen molar-refractivity contribution in [2.45, 2.75) is 256 Å². The van der Waals surface area contributed by atoms with Crippen LogP contribution in [0.3, 0.4) is 0 Å². The zero-order valence-electron chi connectivity index (χ0n) is 44.9. The first-order valence-electron chi connectivity index (χ1n) is 29.9. The van der Waals surface area contributed by atoms with E-state index in [1.54, 1.807) is 7.11 Å². The van der Waals surface area contributed by atoms with Gasteiger partial charge in [-0.3, -0.25) is 0 Å². The normalized spacial score (nSPS) is 41.5. The summed E-state index contributed by atoms with van der Waals surface area (Å²) >= 11 is 12.9.